The first-order chi connectivity index (χ1) is 10.3. The van der Waals surface area contributed by atoms with Crippen molar-refractivity contribution in [3.63, 3.8) is 0 Å². The second-order valence-electron chi connectivity index (χ2n) is 5.18. The van der Waals surface area contributed by atoms with Gasteiger partial charge in [0.1, 0.15) is 5.75 Å². The molecule has 2 heterocycles. The average molecular weight is 324 g/mol. The monoisotopic (exact) mass is 323 g/mol. The predicted octanol–water partition coefficient (Wildman–Crippen LogP) is 3.94. The summed E-state index contributed by atoms with van der Waals surface area (Å²) in [5.41, 5.74) is 2.04. The van der Waals surface area contributed by atoms with E-state index in [0.717, 1.165) is 29.7 Å². The molecule has 0 spiro atoms. The Labute approximate surface area is 133 Å². The number of rotatable bonds is 4. The van der Waals surface area contributed by atoms with E-state index in [2.05, 4.69) is 5.32 Å². The number of aliphatic hydroxyl groups excluding tert-OH is 1. The van der Waals surface area contributed by atoms with Crippen molar-refractivity contribution in [3.8, 4) is 5.75 Å². The fourth-order valence-corrected chi connectivity index (χ4v) is 3.56. The van der Waals surface area contributed by atoms with Crippen LogP contribution in [0.2, 0.25) is 5.02 Å². The molecular weight excluding hydrogens is 306 g/mol. The summed E-state index contributed by atoms with van der Waals surface area (Å²) in [7, 11) is 0. The number of ether oxygens (including phenoxy) is 1. The average Bonchev–Trinajstić information content (AvgIpc) is 2.94. The minimum atomic E-state index is -0.483. The third-order valence-electron chi connectivity index (χ3n) is 3.74. The zero-order chi connectivity index (χ0) is 14.7. The van der Waals surface area contributed by atoms with Crippen LogP contribution in [0.4, 0.5) is 0 Å². The van der Waals surface area contributed by atoms with Gasteiger partial charge in [0.05, 0.1) is 17.7 Å². The molecule has 21 heavy (non-hydrogen) atoms. The second kappa shape index (κ2) is 6.79. The Morgan fingerprint density at radius 1 is 1.43 bits per heavy atom. The van der Waals surface area contributed by atoms with E-state index in [1.165, 1.54) is 0 Å². The van der Waals surface area contributed by atoms with Crippen molar-refractivity contribution in [3.05, 3.63) is 51.2 Å². The summed E-state index contributed by atoms with van der Waals surface area (Å²) in [6.45, 7) is 1.20. The van der Waals surface area contributed by atoms with Crippen molar-refractivity contribution in [2.45, 2.75) is 25.0 Å². The molecule has 2 unspecified atom stereocenters. The summed E-state index contributed by atoms with van der Waals surface area (Å²) in [5.74, 6) is 0.777. The van der Waals surface area contributed by atoms with Gasteiger partial charge in [-0.3, -0.25) is 0 Å². The lowest BCUT2D eigenvalue weighted by molar-refractivity contribution is 0.169. The molecule has 1 aliphatic rings. The number of para-hydroxylation sites is 1. The molecule has 0 radical (unpaired) electrons. The van der Waals surface area contributed by atoms with E-state index in [4.69, 9.17) is 16.3 Å². The molecule has 0 aliphatic carbocycles. The smallest absolute Gasteiger partial charge is 0.142 e. The summed E-state index contributed by atoms with van der Waals surface area (Å²) < 4.78 is 5.76. The van der Waals surface area contributed by atoms with Gasteiger partial charge in [-0.15, -0.1) is 0 Å². The van der Waals surface area contributed by atoms with Gasteiger partial charge in [0.2, 0.25) is 0 Å². The third kappa shape index (κ3) is 3.40. The molecule has 2 atom stereocenters. The van der Waals surface area contributed by atoms with Crippen molar-refractivity contribution in [1.29, 1.82) is 0 Å². The number of benzene rings is 1. The van der Waals surface area contributed by atoms with E-state index < -0.39 is 6.10 Å². The summed E-state index contributed by atoms with van der Waals surface area (Å²) in [4.78, 5) is 0. The van der Waals surface area contributed by atoms with Gasteiger partial charge in [-0.2, -0.15) is 11.3 Å². The summed E-state index contributed by atoms with van der Waals surface area (Å²) >= 11 is 7.82. The van der Waals surface area contributed by atoms with Gasteiger partial charge >= 0.3 is 0 Å². The van der Waals surface area contributed by atoms with Crippen LogP contribution >= 0.6 is 22.9 Å². The molecule has 0 fully saturated rings. The van der Waals surface area contributed by atoms with E-state index in [0.29, 0.717) is 18.2 Å². The SMILES string of the molecule is OC(CNC1CCCOc2c(Cl)cccc21)c1ccsc1. The first-order valence-corrected chi connectivity index (χ1v) is 8.42. The van der Waals surface area contributed by atoms with E-state index >= 15 is 0 Å². The van der Waals surface area contributed by atoms with Gasteiger partial charge in [0, 0.05) is 18.2 Å². The molecule has 0 saturated carbocycles. The molecule has 1 aromatic carbocycles. The minimum Gasteiger partial charge on any atom is -0.492 e. The number of halogens is 1. The van der Waals surface area contributed by atoms with Gasteiger partial charge in [-0.05, 0) is 41.3 Å². The Morgan fingerprint density at radius 2 is 2.33 bits per heavy atom. The van der Waals surface area contributed by atoms with Crippen LogP contribution in [0.1, 0.15) is 36.1 Å². The second-order valence-corrected chi connectivity index (χ2v) is 6.37. The van der Waals surface area contributed by atoms with E-state index in [1.54, 1.807) is 11.3 Å². The van der Waals surface area contributed by atoms with Crippen LogP contribution in [0.3, 0.4) is 0 Å². The Balaban J connectivity index is 1.72. The van der Waals surface area contributed by atoms with Crippen molar-refractivity contribution >= 4 is 22.9 Å². The van der Waals surface area contributed by atoms with Gasteiger partial charge in [0.15, 0.2) is 0 Å². The third-order valence-corrected chi connectivity index (χ3v) is 4.74. The fourth-order valence-electron chi connectivity index (χ4n) is 2.62. The van der Waals surface area contributed by atoms with Crippen LogP contribution in [0.25, 0.3) is 0 Å². The number of fused-ring (bicyclic) bond motifs is 1. The summed E-state index contributed by atoms with van der Waals surface area (Å²) in [5, 5.41) is 18.3. The lowest BCUT2D eigenvalue weighted by Gasteiger charge is -2.20. The number of aliphatic hydroxyl groups is 1. The first-order valence-electron chi connectivity index (χ1n) is 7.10. The molecule has 2 N–H and O–H groups in total. The van der Waals surface area contributed by atoms with E-state index in [-0.39, 0.29) is 6.04 Å². The molecule has 0 saturated heterocycles. The zero-order valence-corrected chi connectivity index (χ0v) is 13.2. The van der Waals surface area contributed by atoms with E-state index in [9.17, 15) is 5.11 Å². The number of hydrogen-bond acceptors (Lipinski definition) is 4. The molecule has 3 nitrogen and oxygen atoms in total. The van der Waals surface area contributed by atoms with Gasteiger partial charge in [-0.25, -0.2) is 0 Å². The first kappa shape index (κ1) is 14.9. The highest BCUT2D eigenvalue weighted by molar-refractivity contribution is 7.07. The van der Waals surface area contributed by atoms with Gasteiger partial charge in [-0.1, -0.05) is 23.7 Å². The molecule has 5 heteroatoms. The number of nitrogens with one attached hydrogen (secondary N) is 1. The highest BCUT2D eigenvalue weighted by Gasteiger charge is 2.22. The maximum atomic E-state index is 10.2. The lowest BCUT2D eigenvalue weighted by atomic mass is 10.0. The van der Waals surface area contributed by atoms with Gasteiger partial charge in [0.25, 0.3) is 0 Å². The van der Waals surface area contributed by atoms with Crippen molar-refractivity contribution in [2.75, 3.05) is 13.2 Å². The normalized spacial score (nSPS) is 19.4. The highest BCUT2D eigenvalue weighted by atomic mass is 35.5. The Hall–Kier alpha value is -1.07. The molecule has 0 amide bonds. The number of thiophene rings is 1. The number of hydrogen-bond donors (Lipinski definition) is 2. The maximum Gasteiger partial charge on any atom is 0.142 e. The minimum absolute atomic E-state index is 0.162. The topological polar surface area (TPSA) is 41.5 Å². The van der Waals surface area contributed by atoms with Gasteiger partial charge < -0.3 is 15.2 Å². The van der Waals surface area contributed by atoms with Crippen LogP contribution in [-0.2, 0) is 0 Å². The molecule has 1 aromatic heterocycles. The standard InChI is InChI=1S/C16H18ClNO2S/c17-13-4-1-3-12-14(5-2-7-20-16(12)13)18-9-15(19)11-6-8-21-10-11/h1,3-4,6,8,10,14-15,18-19H,2,5,7,9H2. The maximum absolute atomic E-state index is 10.2. The van der Waals surface area contributed by atoms with Crippen LogP contribution < -0.4 is 10.1 Å². The zero-order valence-electron chi connectivity index (χ0n) is 11.6. The van der Waals surface area contributed by atoms with Crippen molar-refractivity contribution in [1.82, 2.24) is 5.32 Å². The predicted molar refractivity (Wildman–Crippen MR) is 86.2 cm³/mol. The van der Waals surface area contributed by atoms with Crippen molar-refractivity contribution < 1.29 is 9.84 Å². The molecule has 1 aliphatic heterocycles. The quantitative estimate of drug-likeness (QED) is 0.895. The van der Waals surface area contributed by atoms with Crippen LogP contribution in [-0.4, -0.2) is 18.3 Å². The Kier molecular flexibility index (Phi) is 4.80. The largest absolute Gasteiger partial charge is 0.492 e. The van der Waals surface area contributed by atoms with E-state index in [1.807, 2.05) is 35.0 Å². The summed E-state index contributed by atoms with van der Waals surface area (Å²) in [6.07, 6.45) is 1.46. The van der Waals surface area contributed by atoms with Crippen LogP contribution in [0, 0.1) is 0 Å². The van der Waals surface area contributed by atoms with Crippen molar-refractivity contribution in [2.24, 2.45) is 0 Å². The molecule has 3 rings (SSSR count). The molecule has 2 aromatic rings. The Bertz CT molecular complexity index is 588. The molecule has 112 valence electrons. The molecule has 0 bridgehead atoms. The molecular formula is C16H18ClNO2S. The fraction of sp³-hybridized carbons (Fsp3) is 0.375. The highest BCUT2D eigenvalue weighted by Crippen LogP contribution is 2.37. The van der Waals surface area contributed by atoms with Crippen LogP contribution in [0.5, 0.6) is 5.75 Å². The van der Waals surface area contributed by atoms with Crippen LogP contribution in [0.15, 0.2) is 35.0 Å². The summed E-state index contributed by atoms with van der Waals surface area (Å²) in [6, 6.07) is 7.96. The lowest BCUT2D eigenvalue weighted by Crippen LogP contribution is -2.26. The Morgan fingerprint density at radius 3 is 3.14 bits per heavy atom.